The topological polar surface area (TPSA) is 84.2 Å². The minimum Gasteiger partial charge on any atom is -0.467 e. The van der Waals surface area contributed by atoms with Crippen LogP contribution in [0, 0.1) is 11.3 Å². The average molecular weight is 219 g/mol. The van der Waals surface area contributed by atoms with Gasteiger partial charge in [0.15, 0.2) is 0 Å². The van der Waals surface area contributed by atoms with Gasteiger partial charge in [0, 0.05) is 0 Å². The van der Waals surface area contributed by atoms with Crippen molar-refractivity contribution in [2.24, 2.45) is 0 Å². The van der Waals surface area contributed by atoms with Crippen LogP contribution in [0.3, 0.4) is 0 Å². The second kappa shape index (κ2) is 4.40. The van der Waals surface area contributed by atoms with E-state index in [9.17, 15) is 0 Å². The summed E-state index contributed by atoms with van der Waals surface area (Å²) in [4.78, 5) is 3.89. The first-order valence-corrected chi connectivity index (χ1v) is 4.54. The lowest BCUT2D eigenvalue weighted by Gasteiger charge is -1.96. The van der Waals surface area contributed by atoms with Crippen LogP contribution in [0.15, 0.2) is 27.2 Å². The fourth-order valence-electron chi connectivity index (χ4n) is 1.17. The molecule has 0 unspecified atom stereocenters. The number of furan rings is 1. The van der Waals surface area contributed by atoms with Crippen LogP contribution in [0.25, 0.3) is 0 Å². The molecule has 82 valence electrons. The Hall–Kier alpha value is -2.42. The Morgan fingerprint density at radius 2 is 2.50 bits per heavy atom. The molecule has 0 fully saturated rings. The van der Waals surface area contributed by atoms with E-state index in [-0.39, 0.29) is 17.7 Å². The number of methoxy groups -OCH3 is 1. The molecular formula is C10H9N3O3. The predicted octanol–water partition coefficient (Wildman–Crippen LogP) is 1.76. The van der Waals surface area contributed by atoms with Gasteiger partial charge >= 0.3 is 5.95 Å². The van der Waals surface area contributed by atoms with E-state index in [4.69, 9.17) is 18.8 Å². The molecule has 2 rings (SSSR count). The van der Waals surface area contributed by atoms with Crippen molar-refractivity contribution in [2.45, 2.75) is 6.54 Å². The van der Waals surface area contributed by atoms with E-state index >= 15 is 0 Å². The molecule has 0 aliphatic rings. The van der Waals surface area contributed by atoms with E-state index in [1.54, 1.807) is 12.3 Å². The minimum absolute atomic E-state index is 0.101. The Kier molecular flexibility index (Phi) is 2.78. The Bertz CT molecular complexity index is 496. The van der Waals surface area contributed by atoms with E-state index < -0.39 is 0 Å². The highest BCUT2D eigenvalue weighted by Crippen LogP contribution is 2.22. The first kappa shape index (κ1) is 10.1. The molecule has 0 atom stereocenters. The van der Waals surface area contributed by atoms with E-state index in [0.29, 0.717) is 6.54 Å². The molecule has 16 heavy (non-hydrogen) atoms. The maximum Gasteiger partial charge on any atom is 0.325 e. The molecular weight excluding hydrogens is 210 g/mol. The Morgan fingerprint density at radius 3 is 3.06 bits per heavy atom. The summed E-state index contributed by atoms with van der Waals surface area (Å²) >= 11 is 0. The predicted molar refractivity (Wildman–Crippen MR) is 53.8 cm³/mol. The highest BCUT2D eigenvalue weighted by Gasteiger charge is 2.12. The standard InChI is InChI=1S/C10H9N3O3/c1-14-9-8(5-11)13-10(16-9)12-6-7-3-2-4-15-7/h2-4H,6H2,1H3,(H,12,13). The second-order valence-electron chi connectivity index (χ2n) is 2.90. The number of nitrogens with zero attached hydrogens (tertiary/aromatic N) is 2. The van der Waals surface area contributed by atoms with Crippen molar-refractivity contribution in [1.29, 1.82) is 5.26 Å². The van der Waals surface area contributed by atoms with Gasteiger partial charge in [0.25, 0.3) is 6.01 Å². The van der Waals surface area contributed by atoms with Crippen molar-refractivity contribution in [1.82, 2.24) is 4.98 Å². The largest absolute Gasteiger partial charge is 0.467 e. The molecule has 0 aromatic carbocycles. The smallest absolute Gasteiger partial charge is 0.325 e. The molecule has 0 radical (unpaired) electrons. The molecule has 2 aromatic heterocycles. The number of rotatable bonds is 4. The van der Waals surface area contributed by atoms with Crippen molar-refractivity contribution in [3.63, 3.8) is 0 Å². The van der Waals surface area contributed by atoms with Crippen molar-refractivity contribution in [2.75, 3.05) is 12.4 Å². The summed E-state index contributed by atoms with van der Waals surface area (Å²) in [6.45, 7) is 0.432. The van der Waals surface area contributed by atoms with Crippen LogP contribution in [0.1, 0.15) is 11.5 Å². The van der Waals surface area contributed by atoms with Crippen molar-refractivity contribution >= 4 is 6.01 Å². The lowest BCUT2D eigenvalue weighted by atomic mass is 10.4. The molecule has 0 amide bonds. The van der Waals surface area contributed by atoms with Gasteiger partial charge in [0.05, 0.1) is 19.9 Å². The molecule has 0 saturated carbocycles. The highest BCUT2D eigenvalue weighted by molar-refractivity contribution is 5.36. The summed E-state index contributed by atoms with van der Waals surface area (Å²) in [6.07, 6.45) is 1.58. The molecule has 2 aromatic rings. The third kappa shape index (κ3) is 1.98. The van der Waals surface area contributed by atoms with E-state index in [1.807, 2.05) is 12.1 Å². The van der Waals surface area contributed by atoms with Gasteiger partial charge in [0.2, 0.25) is 5.69 Å². The van der Waals surface area contributed by atoms with Gasteiger partial charge in [-0.05, 0) is 12.1 Å². The van der Waals surface area contributed by atoms with Gasteiger partial charge in [-0.2, -0.15) is 10.2 Å². The number of nitriles is 1. The van der Waals surface area contributed by atoms with Gasteiger partial charge in [-0.15, -0.1) is 0 Å². The van der Waals surface area contributed by atoms with Crippen molar-refractivity contribution in [3.8, 4) is 12.0 Å². The molecule has 0 aliphatic carbocycles. The van der Waals surface area contributed by atoms with Crippen molar-refractivity contribution in [3.05, 3.63) is 29.9 Å². The third-order valence-corrected chi connectivity index (χ3v) is 1.88. The normalized spacial score (nSPS) is 9.75. The number of anilines is 1. The maximum absolute atomic E-state index is 8.72. The Balaban J connectivity index is 2.05. The minimum atomic E-state index is 0.101. The number of nitrogens with one attached hydrogen (secondary N) is 1. The van der Waals surface area contributed by atoms with Crippen molar-refractivity contribution < 1.29 is 13.6 Å². The molecule has 0 aliphatic heterocycles. The summed E-state index contributed by atoms with van der Waals surface area (Å²) in [5, 5.41) is 11.6. The van der Waals surface area contributed by atoms with Gasteiger partial charge in [-0.1, -0.05) is 0 Å². The monoisotopic (exact) mass is 219 g/mol. The molecule has 0 spiro atoms. The summed E-state index contributed by atoms with van der Waals surface area (Å²) in [5.41, 5.74) is 0.115. The fourth-order valence-corrected chi connectivity index (χ4v) is 1.17. The first-order chi connectivity index (χ1) is 7.83. The highest BCUT2D eigenvalue weighted by atomic mass is 16.6. The average Bonchev–Trinajstić information content (AvgIpc) is 2.95. The summed E-state index contributed by atoms with van der Waals surface area (Å²) in [7, 11) is 1.41. The summed E-state index contributed by atoms with van der Waals surface area (Å²) in [5.74, 6) is 0.847. The number of hydrogen-bond acceptors (Lipinski definition) is 6. The van der Waals surface area contributed by atoms with E-state index in [2.05, 4.69) is 10.3 Å². The van der Waals surface area contributed by atoms with Crippen LogP contribution >= 0.6 is 0 Å². The SMILES string of the molecule is COc1oc(NCc2ccco2)nc1C#N. The zero-order chi connectivity index (χ0) is 11.4. The lowest BCUT2D eigenvalue weighted by Crippen LogP contribution is -1.97. The van der Waals surface area contributed by atoms with Crippen LogP contribution in [-0.2, 0) is 6.54 Å². The van der Waals surface area contributed by atoms with Gasteiger partial charge in [-0.3, -0.25) is 0 Å². The molecule has 6 nitrogen and oxygen atoms in total. The van der Waals surface area contributed by atoms with Crippen LogP contribution in [-0.4, -0.2) is 12.1 Å². The molecule has 2 heterocycles. The van der Waals surface area contributed by atoms with Gasteiger partial charge < -0.3 is 18.9 Å². The number of hydrogen-bond donors (Lipinski definition) is 1. The van der Waals surface area contributed by atoms with Crippen LogP contribution < -0.4 is 10.1 Å². The lowest BCUT2D eigenvalue weighted by molar-refractivity contribution is 0.308. The molecule has 0 saturated heterocycles. The van der Waals surface area contributed by atoms with E-state index in [0.717, 1.165) is 5.76 Å². The van der Waals surface area contributed by atoms with Crippen LogP contribution in [0.2, 0.25) is 0 Å². The van der Waals surface area contributed by atoms with Gasteiger partial charge in [-0.25, -0.2) is 0 Å². The summed E-state index contributed by atoms with van der Waals surface area (Å²) < 4.78 is 15.1. The zero-order valence-electron chi connectivity index (χ0n) is 8.56. The second-order valence-corrected chi connectivity index (χ2v) is 2.90. The van der Waals surface area contributed by atoms with Gasteiger partial charge in [0.1, 0.15) is 11.8 Å². The number of aromatic nitrogens is 1. The van der Waals surface area contributed by atoms with Crippen LogP contribution in [0.4, 0.5) is 6.01 Å². The summed E-state index contributed by atoms with van der Waals surface area (Å²) in [6, 6.07) is 5.70. The molecule has 6 heteroatoms. The quantitative estimate of drug-likeness (QED) is 0.843. The Morgan fingerprint density at radius 1 is 1.62 bits per heavy atom. The first-order valence-electron chi connectivity index (χ1n) is 4.54. The van der Waals surface area contributed by atoms with Crippen LogP contribution in [0.5, 0.6) is 5.95 Å². The Labute approximate surface area is 91.4 Å². The molecule has 1 N–H and O–H groups in total. The third-order valence-electron chi connectivity index (χ3n) is 1.88. The fraction of sp³-hybridized carbons (Fsp3) is 0.200. The zero-order valence-corrected chi connectivity index (χ0v) is 8.56. The number of oxazole rings is 1. The van der Waals surface area contributed by atoms with E-state index in [1.165, 1.54) is 7.11 Å². The maximum atomic E-state index is 8.72. The number of ether oxygens (including phenoxy) is 1. The molecule has 0 bridgehead atoms.